The summed E-state index contributed by atoms with van der Waals surface area (Å²) in [6.07, 6.45) is 6.25. The Kier molecular flexibility index (Phi) is 6.07. The van der Waals surface area contributed by atoms with Gasteiger partial charge in [-0.3, -0.25) is 0 Å². The van der Waals surface area contributed by atoms with Gasteiger partial charge >= 0.3 is 0 Å². The molecule has 2 rings (SSSR count). The Morgan fingerprint density at radius 2 is 2.05 bits per heavy atom. The van der Waals surface area contributed by atoms with Gasteiger partial charge in [0, 0.05) is 52.6 Å². The van der Waals surface area contributed by atoms with Crippen molar-refractivity contribution in [2.75, 3.05) is 53.6 Å². The molecule has 0 radical (unpaired) electrons. The first kappa shape index (κ1) is 15.2. The maximum absolute atomic E-state index is 5.56. The number of nitrogens with zero attached hydrogens (tertiary/aromatic N) is 1. The van der Waals surface area contributed by atoms with Crippen LogP contribution in [-0.4, -0.2) is 64.6 Å². The van der Waals surface area contributed by atoms with Gasteiger partial charge in [0.25, 0.3) is 0 Å². The molecule has 0 amide bonds. The van der Waals surface area contributed by atoms with E-state index in [-0.39, 0.29) is 0 Å². The highest BCUT2D eigenvalue weighted by molar-refractivity contribution is 4.90. The van der Waals surface area contributed by atoms with Gasteiger partial charge in [-0.05, 0) is 44.6 Å². The third-order valence-corrected chi connectivity index (χ3v) is 4.39. The molecule has 0 aromatic heterocycles. The van der Waals surface area contributed by atoms with Crippen LogP contribution in [0.2, 0.25) is 0 Å². The van der Waals surface area contributed by atoms with Crippen molar-refractivity contribution in [2.45, 2.75) is 38.1 Å². The maximum Gasteiger partial charge on any atom is 0.0474 e. The fourth-order valence-corrected chi connectivity index (χ4v) is 2.97. The molecule has 1 saturated carbocycles. The molecule has 0 aromatic carbocycles. The maximum atomic E-state index is 5.56. The van der Waals surface area contributed by atoms with Crippen LogP contribution in [0.25, 0.3) is 0 Å². The molecule has 0 aromatic rings. The fourth-order valence-electron chi connectivity index (χ4n) is 2.97. The predicted octanol–water partition coefficient (Wildman–Crippen LogP) is 1.50. The molecule has 1 aliphatic heterocycles. The largest absolute Gasteiger partial charge is 0.385 e. The molecule has 1 heterocycles. The Hall–Kier alpha value is -0.160. The second-order valence-corrected chi connectivity index (χ2v) is 6.35. The van der Waals surface area contributed by atoms with E-state index < -0.39 is 0 Å². The summed E-state index contributed by atoms with van der Waals surface area (Å²) in [6, 6.07) is 0.804. The minimum atomic E-state index is 0.419. The smallest absolute Gasteiger partial charge is 0.0474 e. The van der Waals surface area contributed by atoms with E-state index in [4.69, 9.17) is 9.47 Å². The number of ether oxygens (including phenoxy) is 2. The van der Waals surface area contributed by atoms with Crippen LogP contribution in [0.5, 0.6) is 0 Å². The molecule has 1 saturated heterocycles. The van der Waals surface area contributed by atoms with Gasteiger partial charge in [-0.2, -0.15) is 0 Å². The third kappa shape index (κ3) is 5.38. The summed E-state index contributed by atoms with van der Waals surface area (Å²) >= 11 is 0. The van der Waals surface area contributed by atoms with Gasteiger partial charge in [0.2, 0.25) is 0 Å². The van der Waals surface area contributed by atoms with Crippen LogP contribution in [0, 0.1) is 5.41 Å². The summed E-state index contributed by atoms with van der Waals surface area (Å²) in [4.78, 5) is 2.47. The summed E-state index contributed by atoms with van der Waals surface area (Å²) in [5.41, 5.74) is 0.419. The number of rotatable bonds is 9. The normalized spacial score (nSPS) is 22.9. The van der Waals surface area contributed by atoms with Crippen molar-refractivity contribution in [3.8, 4) is 0 Å². The summed E-state index contributed by atoms with van der Waals surface area (Å²) < 4.78 is 10.7. The Bertz CT molecular complexity index is 251. The third-order valence-electron chi connectivity index (χ3n) is 4.39. The van der Waals surface area contributed by atoms with Crippen molar-refractivity contribution < 1.29 is 9.47 Å². The minimum Gasteiger partial charge on any atom is -0.385 e. The zero-order valence-corrected chi connectivity index (χ0v) is 12.6. The molecule has 4 nitrogen and oxygen atoms in total. The topological polar surface area (TPSA) is 33.7 Å². The highest BCUT2D eigenvalue weighted by atomic mass is 16.5. The van der Waals surface area contributed by atoms with E-state index in [9.17, 15) is 0 Å². The molecule has 0 spiro atoms. The Balaban J connectivity index is 1.77. The lowest BCUT2D eigenvalue weighted by atomic mass is 9.79. The molecule has 0 bridgehead atoms. The molecule has 0 atom stereocenters. The molecule has 112 valence electrons. The monoisotopic (exact) mass is 270 g/mol. The van der Waals surface area contributed by atoms with Crippen LogP contribution in [0.15, 0.2) is 0 Å². The van der Waals surface area contributed by atoms with Crippen molar-refractivity contribution in [1.82, 2.24) is 10.2 Å². The molecule has 2 aliphatic rings. The van der Waals surface area contributed by atoms with Crippen LogP contribution in [0.4, 0.5) is 0 Å². The Morgan fingerprint density at radius 1 is 1.32 bits per heavy atom. The van der Waals surface area contributed by atoms with Crippen LogP contribution >= 0.6 is 0 Å². The van der Waals surface area contributed by atoms with E-state index >= 15 is 0 Å². The summed E-state index contributed by atoms with van der Waals surface area (Å²) in [6.45, 7) is 6.19. The number of methoxy groups -OCH3 is 1. The van der Waals surface area contributed by atoms with Crippen molar-refractivity contribution >= 4 is 0 Å². The Labute approximate surface area is 117 Å². The van der Waals surface area contributed by atoms with Crippen LogP contribution < -0.4 is 5.32 Å². The van der Waals surface area contributed by atoms with Crippen molar-refractivity contribution in [3.05, 3.63) is 0 Å². The molecule has 1 aliphatic carbocycles. The summed E-state index contributed by atoms with van der Waals surface area (Å²) in [5, 5.41) is 3.73. The highest BCUT2D eigenvalue weighted by Gasteiger charge is 2.35. The first-order valence-corrected chi connectivity index (χ1v) is 7.73. The van der Waals surface area contributed by atoms with Crippen molar-refractivity contribution in [3.63, 3.8) is 0 Å². The van der Waals surface area contributed by atoms with Gasteiger partial charge in [0.05, 0.1) is 0 Å². The average molecular weight is 270 g/mol. The SMILES string of the molecule is COCCCN(C)CC1(CNC2CC2)CCOCC1. The van der Waals surface area contributed by atoms with E-state index in [1.54, 1.807) is 7.11 Å². The zero-order chi connectivity index (χ0) is 13.6. The van der Waals surface area contributed by atoms with Gasteiger partial charge in [-0.1, -0.05) is 0 Å². The van der Waals surface area contributed by atoms with Gasteiger partial charge < -0.3 is 19.7 Å². The van der Waals surface area contributed by atoms with Gasteiger partial charge in [-0.15, -0.1) is 0 Å². The van der Waals surface area contributed by atoms with Gasteiger partial charge in [-0.25, -0.2) is 0 Å². The van der Waals surface area contributed by atoms with E-state index in [0.29, 0.717) is 5.41 Å². The molecule has 2 fully saturated rings. The van der Waals surface area contributed by atoms with Gasteiger partial charge in [0.1, 0.15) is 0 Å². The summed E-state index contributed by atoms with van der Waals surface area (Å²) in [7, 11) is 4.02. The number of hydrogen-bond donors (Lipinski definition) is 1. The first-order valence-electron chi connectivity index (χ1n) is 7.73. The lowest BCUT2D eigenvalue weighted by molar-refractivity contribution is -0.00157. The molecule has 1 N–H and O–H groups in total. The van der Waals surface area contributed by atoms with E-state index in [0.717, 1.165) is 45.4 Å². The second kappa shape index (κ2) is 7.58. The van der Waals surface area contributed by atoms with Crippen molar-refractivity contribution in [2.24, 2.45) is 5.41 Å². The fraction of sp³-hybridized carbons (Fsp3) is 1.00. The van der Waals surface area contributed by atoms with Crippen molar-refractivity contribution in [1.29, 1.82) is 0 Å². The number of nitrogens with one attached hydrogen (secondary N) is 1. The molecule has 19 heavy (non-hydrogen) atoms. The van der Waals surface area contributed by atoms with E-state index in [2.05, 4.69) is 17.3 Å². The highest BCUT2D eigenvalue weighted by Crippen LogP contribution is 2.32. The van der Waals surface area contributed by atoms with Gasteiger partial charge in [0.15, 0.2) is 0 Å². The molecule has 0 unspecified atom stereocenters. The van der Waals surface area contributed by atoms with Crippen LogP contribution in [0.3, 0.4) is 0 Å². The first-order chi connectivity index (χ1) is 9.24. The Morgan fingerprint density at radius 3 is 2.68 bits per heavy atom. The molecule has 4 heteroatoms. The van der Waals surface area contributed by atoms with Crippen LogP contribution in [0.1, 0.15) is 32.1 Å². The lowest BCUT2D eigenvalue weighted by Crippen LogP contribution is -2.47. The second-order valence-electron chi connectivity index (χ2n) is 6.35. The average Bonchev–Trinajstić information content (AvgIpc) is 3.22. The molecular formula is C15H30N2O2. The predicted molar refractivity (Wildman–Crippen MR) is 77.5 cm³/mol. The van der Waals surface area contributed by atoms with Crippen LogP contribution in [-0.2, 0) is 9.47 Å². The lowest BCUT2D eigenvalue weighted by Gasteiger charge is -2.40. The standard InChI is InChI=1S/C15H30N2O2/c1-17(8-3-9-18-2)13-15(6-10-19-11-7-15)12-16-14-4-5-14/h14,16H,3-13H2,1-2H3. The number of hydrogen-bond acceptors (Lipinski definition) is 4. The minimum absolute atomic E-state index is 0.419. The zero-order valence-electron chi connectivity index (χ0n) is 12.6. The molecular weight excluding hydrogens is 240 g/mol. The quantitative estimate of drug-likeness (QED) is 0.644. The van der Waals surface area contributed by atoms with E-state index in [1.807, 2.05) is 0 Å². The van der Waals surface area contributed by atoms with E-state index in [1.165, 1.54) is 32.2 Å². The summed E-state index contributed by atoms with van der Waals surface area (Å²) in [5.74, 6) is 0.